The van der Waals surface area contributed by atoms with Gasteiger partial charge in [-0.15, -0.1) is 13.2 Å². The quantitative estimate of drug-likeness (QED) is 0.597. The number of hydrogen-bond donors (Lipinski definition) is 1. The first kappa shape index (κ1) is 22.0. The van der Waals surface area contributed by atoms with Crippen molar-refractivity contribution in [3.8, 4) is 11.8 Å². The molecule has 1 aromatic heterocycles. The molecule has 1 N–H and O–H groups in total. The minimum atomic E-state index is -4.72. The number of amides is 1. The molecule has 3 fully saturated rings. The fourth-order valence-corrected chi connectivity index (χ4v) is 4.99. The predicted octanol–water partition coefficient (Wildman–Crippen LogP) is 3.57. The minimum Gasteiger partial charge on any atom is -0.479 e. The van der Waals surface area contributed by atoms with Crippen molar-refractivity contribution in [1.82, 2.24) is 10.3 Å². The second-order valence-corrected chi connectivity index (χ2v) is 9.02. The van der Waals surface area contributed by atoms with Gasteiger partial charge < -0.3 is 19.2 Å². The van der Waals surface area contributed by atoms with Gasteiger partial charge in [0.25, 0.3) is 5.91 Å². The molecule has 176 valence electrons. The highest BCUT2D eigenvalue weighted by Gasteiger charge is 2.71. The zero-order chi connectivity index (χ0) is 23.4. The highest BCUT2D eigenvalue weighted by atomic mass is 35.5. The van der Waals surface area contributed by atoms with Crippen LogP contribution in [0.4, 0.5) is 13.2 Å². The second kappa shape index (κ2) is 7.63. The van der Waals surface area contributed by atoms with Crippen LogP contribution in [0.5, 0.6) is 11.8 Å². The number of oxazole rings is 1. The van der Waals surface area contributed by atoms with E-state index in [9.17, 15) is 22.8 Å². The molecule has 3 aliphatic carbocycles. The van der Waals surface area contributed by atoms with Gasteiger partial charge in [0, 0.05) is 16.0 Å². The number of carbonyl (C=O) groups excluding carboxylic acids is 2. The maximum Gasteiger partial charge on any atom is 0.522 e. The number of hydrogen-bond acceptors (Lipinski definition) is 7. The number of fused-ring (bicyclic) bond motifs is 1. The number of carbonyl (C=O) groups is 2. The number of nitrogens with one attached hydrogen (secondary N) is 1. The topological polar surface area (TPSA) is 99.9 Å². The average molecular weight is 487 g/mol. The normalized spacial score (nSPS) is 27.6. The van der Waals surface area contributed by atoms with Gasteiger partial charge in [-0.1, -0.05) is 11.6 Å². The lowest BCUT2D eigenvalue weighted by molar-refractivity contribution is -0.325. The van der Waals surface area contributed by atoms with Crippen molar-refractivity contribution in [1.29, 1.82) is 0 Å². The zero-order valence-corrected chi connectivity index (χ0v) is 17.8. The first-order valence-electron chi connectivity index (χ1n) is 10.2. The van der Waals surface area contributed by atoms with Gasteiger partial charge in [-0.3, -0.25) is 14.3 Å². The number of halogens is 4. The van der Waals surface area contributed by atoms with Crippen molar-refractivity contribution in [2.75, 3.05) is 13.2 Å². The molecule has 0 unspecified atom stereocenters. The van der Waals surface area contributed by atoms with Crippen molar-refractivity contribution >= 4 is 23.3 Å². The molecule has 3 saturated carbocycles. The molecular weight excluding hydrogens is 469 g/mol. The number of aromatic nitrogens is 1. The Morgan fingerprint density at radius 2 is 2.03 bits per heavy atom. The van der Waals surface area contributed by atoms with E-state index in [1.54, 1.807) is 12.1 Å². The Balaban J connectivity index is 1.13. The SMILES string of the molecule is O=C1C[C@H](C(=O)NC23CC(c4cnc(OCCOC(F)(F)F)o4)(C2)C3)Oc2ccc(Cl)cc21. The van der Waals surface area contributed by atoms with Crippen LogP contribution in [-0.2, 0) is 14.9 Å². The Bertz CT molecular complexity index is 1100. The van der Waals surface area contributed by atoms with Crippen LogP contribution in [0.3, 0.4) is 0 Å². The Hall–Kier alpha value is -2.79. The maximum absolute atomic E-state index is 12.8. The highest BCUT2D eigenvalue weighted by Crippen LogP contribution is 2.68. The molecule has 8 nitrogen and oxygen atoms in total. The van der Waals surface area contributed by atoms with E-state index in [-0.39, 0.29) is 36.2 Å². The summed E-state index contributed by atoms with van der Waals surface area (Å²) < 4.78 is 55.8. The molecule has 0 saturated heterocycles. The van der Waals surface area contributed by atoms with Gasteiger partial charge >= 0.3 is 12.4 Å². The van der Waals surface area contributed by atoms with Gasteiger partial charge in [-0.05, 0) is 37.5 Å². The molecule has 33 heavy (non-hydrogen) atoms. The number of Topliss-reactive ketones (excluding diaryl/α,β-unsaturated/α-hetero) is 1. The molecule has 2 aromatic rings. The molecule has 2 heterocycles. The monoisotopic (exact) mass is 486 g/mol. The lowest BCUT2D eigenvalue weighted by atomic mass is 9.38. The zero-order valence-electron chi connectivity index (χ0n) is 17.0. The summed E-state index contributed by atoms with van der Waals surface area (Å²) in [5.41, 5.74) is -0.334. The van der Waals surface area contributed by atoms with Gasteiger partial charge in [0.2, 0.25) is 0 Å². The molecule has 12 heteroatoms. The molecular formula is C21H18ClF3N2O6. The molecule has 6 rings (SSSR count). The van der Waals surface area contributed by atoms with Gasteiger partial charge in [0.15, 0.2) is 11.9 Å². The van der Waals surface area contributed by atoms with E-state index in [2.05, 4.69) is 15.0 Å². The molecule has 0 radical (unpaired) electrons. The first-order valence-corrected chi connectivity index (χ1v) is 10.6. The van der Waals surface area contributed by atoms with Gasteiger partial charge in [0.05, 0.1) is 24.8 Å². The van der Waals surface area contributed by atoms with E-state index in [4.69, 9.17) is 25.5 Å². The molecule has 2 bridgehead atoms. The number of alkyl halides is 3. The third-order valence-electron chi connectivity index (χ3n) is 6.17. The Morgan fingerprint density at radius 3 is 2.76 bits per heavy atom. The van der Waals surface area contributed by atoms with Gasteiger partial charge in [0.1, 0.15) is 18.1 Å². The van der Waals surface area contributed by atoms with Crippen LogP contribution < -0.4 is 14.8 Å². The summed E-state index contributed by atoms with van der Waals surface area (Å²) in [6.45, 7) is -1.04. The number of benzene rings is 1. The van der Waals surface area contributed by atoms with Crippen LogP contribution in [-0.4, -0.2) is 47.9 Å². The Kier molecular flexibility index (Phi) is 5.09. The fourth-order valence-electron chi connectivity index (χ4n) is 4.82. The largest absolute Gasteiger partial charge is 0.522 e. The van der Waals surface area contributed by atoms with E-state index < -0.39 is 24.6 Å². The summed E-state index contributed by atoms with van der Waals surface area (Å²) in [4.78, 5) is 29.1. The smallest absolute Gasteiger partial charge is 0.479 e. The lowest BCUT2D eigenvalue weighted by Crippen LogP contribution is -2.77. The van der Waals surface area contributed by atoms with Crippen molar-refractivity contribution in [3.63, 3.8) is 0 Å². The third-order valence-corrected chi connectivity index (χ3v) is 6.41. The fraction of sp³-hybridized carbons (Fsp3) is 0.476. The van der Waals surface area contributed by atoms with Crippen LogP contribution in [0.25, 0.3) is 0 Å². The van der Waals surface area contributed by atoms with Crippen LogP contribution in [0.15, 0.2) is 28.8 Å². The Morgan fingerprint density at radius 1 is 1.27 bits per heavy atom. The van der Waals surface area contributed by atoms with Gasteiger partial charge in [-0.2, -0.15) is 4.98 Å². The number of ketones is 1. The van der Waals surface area contributed by atoms with Crippen LogP contribution >= 0.6 is 11.6 Å². The summed E-state index contributed by atoms with van der Waals surface area (Å²) in [6.07, 6.45) is -2.51. The van der Waals surface area contributed by atoms with E-state index in [0.717, 1.165) is 0 Å². The van der Waals surface area contributed by atoms with E-state index in [1.807, 2.05) is 0 Å². The minimum absolute atomic E-state index is 0.0682. The third kappa shape index (κ3) is 4.15. The molecule has 1 amide bonds. The summed E-state index contributed by atoms with van der Waals surface area (Å²) in [5, 5.41) is 3.41. The van der Waals surface area contributed by atoms with Crippen molar-refractivity contribution < 1.29 is 41.4 Å². The molecule has 1 atom stereocenters. The van der Waals surface area contributed by atoms with Crippen molar-refractivity contribution in [2.45, 2.75) is 49.1 Å². The van der Waals surface area contributed by atoms with Crippen LogP contribution in [0.2, 0.25) is 5.02 Å². The van der Waals surface area contributed by atoms with E-state index in [0.29, 0.717) is 41.4 Å². The van der Waals surface area contributed by atoms with Crippen LogP contribution in [0, 0.1) is 0 Å². The summed E-state index contributed by atoms with van der Waals surface area (Å²) in [5.74, 6) is 0.325. The standard InChI is InChI=1S/C21H18ClF3N2O6/c22-11-1-2-14-12(5-11)13(28)6-15(32-14)17(29)27-20-8-19(9-20,10-20)16-7-26-18(33-16)30-3-4-31-21(23,24)25/h1-2,5,7,15H,3-4,6,8-10H2,(H,27,29)/t15-,19?,20?/m1/s1. The van der Waals surface area contributed by atoms with E-state index in [1.165, 1.54) is 12.3 Å². The highest BCUT2D eigenvalue weighted by molar-refractivity contribution is 6.31. The number of ether oxygens (including phenoxy) is 3. The van der Waals surface area contributed by atoms with Crippen LogP contribution in [0.1, 0.15) is 41.8 Å². The predicted molar refractivity (Wildman–Crippen MR) is 105 cm³/mol. The van der Waals surface area contributed by atoms with Crippen molar-refractivity contribution in [3.05, 3.63) is 40.7 Å². The molecule has 0 spiro atoms. The molecule has 4 aliphatic rings. The van der Waals surface area contributed by atoms with E-state index >= 15 is 0 Å². The number of rotatable bonds is 7. The van der Waals surface area contributed by atoms with Gasteiger partial charge in [-0.25, -0.2) is 0 Å². The lowest BCUT2D eigenvalue weighted by Gasteiger charge is -2.69. The second-order valence-electron chi connectivity index (χ2n) is 8.59. The summed E-state index contributed by atoms with van der Waals surface area (Å²) in [6, 6.07) is 4.69. The maximum atomic E-state index is 12.8. The molecule has 1 aliphatic heterocycles. The average Bonchev–Trinajstić information content (AvgIpc) is 3.15. The summed E-state index contributed by atoms with van der Waals surface area (Å²) in [7, 11) is 0. The summed E-state index contributed by atoms with van der Waals surface area (Å²) >= 11 is 5.92. The molecule has 1 aromatic carbocycles. The Labute approximate surface area is 190 Å². The van der Waals surface area contributed by atoms with Crippen molar-refractivity contribution in [2.24, 2.45) is 0 Å². The first-order chi connectivity index (χ1) is 15.6. The number of nitrogens with zero attached hydrogens (tertiary/aromatic N) is 1.